The summed E-state index contributed by atoms with van der Waals surface area (Å²) in [4.78, 5) is 12.4. The van der Waals surface area contributed by atoms with Crippen molar-refractivity contribution in [2.45, 2.75) is 18.4 Å². The Morgan fingerprint density at radius 3 is 3.00 bits per heavy atom. The minimum atomic E-state index is -0.575. The summed E-state index contributed by atoms with van der Waals surface area (Å²) in [7, 11) is 0. The maximum Gasteiger partial charge on any atom is 0.243 e. The molecule has 1 atom stereocenters. The van der Waals surface area contributed by atoms with Crippen LogP contribution in [0, 0.1) is 0 Å². The van der Waals surface area contributed by atoms with Crippen LogP contribution in [0.1, 0.15) is 17.7 Å². The van der Waals surface area contributed by atoms with Crippen LogP contribution in [0.15, 0.2) is 17.5 Å². The first kappa shape index (κ1) is 8.72. The van der Waals surface area contributed by atoms with Gasteiger partial charge in [-0.3, -0.25) is 10.1 Å². The van der Waals surface area contributed by atoms with Crippen LogP contribution in [-0.2, 0) is 10.3 Å². The Labute approximate surface area is 80.9 Å². The van der Waals surface area contributed by atoms with E-state index in [1.807, 2.05) is 17.5 Å². The Bertz CT molecular complexity index is 301. The number of carbonyl (C=O) groups is 1. The normalized spacial score (nSPS) is 27.7. The van der Waals surface area contributed by atoms with Gasteiger partial charge in [-0.15, -0.1) is 11.3 Å². The van der Waals surface area contributed by atoms with Gasteiger partial charge in [0, 0.05) is 4.88 Å². The van der Waals surface area contributed by atoms with E-state index < -0.39 is 5.54 Å². The molecule has 2 rings (SSSR count). The molecule has 1 saturated heterocycles. The lowest BCUT2D eigenvalue weighted by Gasteiger charge is -2.23. The zero-order valence-corrected chi connectivity index (χ0v) is 8.06. The van der Waals surface area contributed by atoms with Crippen LogP contribution in [-0.4, -0.2) is 12.5 Å². The van der Waals surface area contributed by atoms with Crippen molar-refractivity contribution in [1.29, 1.82) is 0 Å². The Balaban J connectivity index is 2.39. The molecule has 1 aromatic heterocycles. The van der Waals surface area contributed by atoms with Gasteiger partial charge in [0.1, 0.15) is 5.54 Å². The number of amides is 1. The molecule has 1 aliphatic rings. The van der Waals surface area contributed by atoms with Gasteiger partial charge in [0.05, 0.1) is 0 Å². The third kappa shape index (κ3) is 1.26. The average Bonchev–Trinajstić information content (AvgIpc) is 2.75. The molecule has 0 aromatic carbocycles. The number of rotatable bonds is 2. The first-order valence-corrected chi connectivity index (χ1v) is 5.22. The van der Waals surface area contributed by atoms with Crippen LogP contribution < -0.4 is 11.1 Å². The van der Waals surface area contributed by atoms with Crippen LogP contribution in [0.25, 0.3) is 0 Å². The van der Waals surface area contributed by atoms with E-state index in [4.69, 9.17) is 5.73 Å². The number of nitrogens with two attached hydrogens (primary N) is 1. The van der Waals surface area contributed by atoms with Crippen molar-refractivity contribution in [3.63, 3.8) is 0 Å². The summed E-state index contributed by atoms with van der Waals surface area (Å²) in [6.45, 7) is 0.876. The molecule has 0 spiro atoms. The highest BCUT2D eigenvalue weighted by Gasteiger charge is 2.41. The molecule has 1 amide bonds. The maximum absolute atomic E-state index is 11.4. The summed E-state index contributed by atoms with van der Waals surface area (Å²) in [5.74, 6) is -0.257. The highest BCUT2D eigenvalue weighted by molar-refractivity contribution is 7.10. The highest BCUT2D eigenvalue weighted by atomic mass is 32.1. The summed E-state index contributed by atoms with van der Waals surface area (Å²) >= 11 is 1.58. The van der Waals surface area contributed by atoms with Crippen molar-refractivity contribution in [3.8, 4) is 0 Å². The second-order valence-electron chi connectivity index (χ2n) is 3.28. The lowest BCUT2D eigenvalue weighted by Crippen LogP contribution is -2.48. The van der Waals surface area contributed by atoms with Gasteiger partial charge < -0.3 is 5.73 Å². The van der Waals surface area contributed by atoms with Crippen LogP contribution >= 0.6 is 11.3 Å². The summed E-state index contributed by atoms with van der Waals surface area (Å²) in [6, 6.07) is 3.92. The Morgan fingerprint density at radius 2 is 2.54 bits per heavy atom. The molecule has 0 bridgehead atoms. The fourth-order valence-electron chi connectivity index (χ4n) is 1.81. The minimum absolute atomic E-state index is 0.257. The minimum Gasteiger partial charge on any atom is -0.368 e. The molecule has 1 aliphatic heterocycles. The van der Waals surface area contributed by atoms with E-state index in [-0.39, 0.29) is 5.91 Å². The Hall–Kier alpha value is -0.870. The van der Waals surface area contributed by atoms with Crippen molar-refractivity contribution in [1.82, 2.24) is 5.32 Å². The predicted molar refractivity (Wildman–Crippen MR) is 52.4 cm³/mol. The fourth-order valence-corrected chi connectivity index (χ4v) is 2.74. The molecule has 3 N–H and O–H groups in total. The van der Waals surface area contributed by atoms with Gasteiger partial charge in [0.25, 0.3) is 0 Å². The predicted octanol–water partition coefficient (Wildman–Crippen LogP) is 0.812. The molecular weight excluding hydrogens is 184 g/mol. The zero-order chi connectivity index (χ0) is 9.31. The molecule has 1 aromatic rings. The lowest BCUT2D eigenvalue weighted by molar-refractivity contribution is -0.124. The summed E-state index contributed by atoms with van der Waals surface area (Å²) < 4.78 is 0. The highest BCUT2D eigenvalue weighted by Crippen LogP contribution is 2.33. The number of hydrogen-bond acceptors (Lipinski definition) is 3. The van der Waals surface area contributed by atoms with Gasteiger partial charge in [-0.25, -0.2) is 0 Å². The number of nitrogens with one attached hydrogen (secondary N) is 1. The Kier molecular flexibility index (Phi) is 2.09. The molecule has 0 aliphatic carbocycles. The molecule has 1 fully saturated rings. The molecule has 0 saturated carbocycles. The van der Waals surface area contributed by atoms with Gasteiger partial charge in [-0.2, -0.15) is 0 Å². The average molecular weight is 196 g/mol. The van der Waals surface area contributed by atoms with E-state index in [0.29, 0.717) is 0 Å². The largest absolute Gasteiger partial charge is 0.368 e. The second-order valence-corrected chi connectivity index (χ2v) is 4.22. The van der Waals surface area contributed by atoms with Gasteiger partial charge in [0.15, 0.2) is 0 Å². The molecule has 13 heavy (non-hydrogen) atoms. The molecule has 3 nitrogen and oxygen atoms in total. The number of thiophene rings is 1. The molecule has 4 heteroatoms. The molecule has 70 valence electrons. The standard InChI is InChI=1S/C9H12N2OS/c10-8(12)9(4-2-5-11-9)7-3-1-6-13-7/h1,3,6,11H,2,4-5H2,(H2,10,12). The van der Waals surface area contributed by atoms with E-state index in [1.54, 1.807) is 11.3 Å². The van der Waals surface area contributed by atoms with Gasteiger partial charge in [0.2, 0.25) is 5.91 Å². The second kappa shape index (κ2) is 3.12. The van der Waals surface area contributed by atoms with Crippen molar-refractivity contribution in [2.75, 3.05) is 6.54 Å². The fraction of sp³-hybridized carbons (Fsp3) is 0.444. The molecular formula is C9H12N2OS. The van der Waals surface area contributed by atoms with Crippen molar-refractivity contribution in [3.05, 3.63) is 22.4 Å². The van der Waals surface area contributed by atoms with Crippen molar-refractivity contribution in [2.24, 2.45) is 5.73 Å². The van der Waals surface area contributed by atoms with Crippen molar-refractivity contribution >= 4 is 17.2 Å². The first-order chi connectivity index (χ1) is 6.26. The van der Waals surface area contributed by atoms with E-state index in [0.717, 1.165) is 24.3 Å². The topological polar surface area (TPSA) is 55.1 Å². The van der Waals surface area contributed by atoms with E-state index in [2.05, 4.69) is 5.32 Å². The van der Waals surface area contributed by atoms with Crippen LogP contribution in [0.4, 0.5) is 0 Å². The number of carbonyl (C=O) groups excluding carboxylic acids is 1. The smallest absolute Gasteiger partial charge is 0.243 e. The van der Waals surface area contributed by atoms with E-state index in [9.17, 15) is 4.79 Å². The summed E-state index contributed by atoms with van der Waals surface area (Å²) in [6.07, 6.45) is 1.84. The molecule has 1 unspecified atom stereocenters. The van der Waals surface area contributed by atoms with E-state index in [1.165, 1.54) is 0 Å². The zero-order valence-electron chi connectivity index (χ0n) is 7.25. The number of hydrogen-bond donors (Lipinski definition) is 2. The maximum atomic E-state index is 11.4. The summed E-state index contributed by atoms with van der Waals surface area (Å²) in [5.41, 5.74) is 4.85. The quantitative estimate of drug-likeness (QED) is 0.735. The van der Waals surface area contributed by atoms with Crippen molar-refractivity contribution < 1.29 is 4.79 Å². The lowest BCUT2D eigenvalue weighted by atomic mass is 9.95. The molecule has 2 heterocycles. The third-order valence-electron chi connectivity index (χ3n) is 2.52. The summed E-state index contributed by atoms with van der Waals surface area (Å²) in [5, 5.41) is 5.18. The Morgan fingerprint density at radius 1 is 1.69 bits per heavy atom. The molecule has 0 radical (unpaired) electrons. The van der Waals surface area contributed by atoms with Gasteiger partial charge in [-0.1, -0.05) is 6.07 Å². The van der Waals surface area contributed by atoms with E-state index >= 15 is 0 Å². The first-order valence-electron chi connectivity index (χ1n) is 4.35. The van der Waals surface area contributed by atoms with Gasteiger partial charge >= 0.3 is 0 Å². The van der Waals surface area contributed by atoms with Crippen LogP contribution in [0.5, 0.6) is 0 Å². The van der Waals surface area contributed by atoms with Gasteiger partial charge in [-0.05, 0) is 30.8 Å². The third-order valence-corrected chi connectivity index (χ3v) is 3.55. The number of primary amides is 1. The van der Waals surface area contributed by atoms with Crippen LogP contribution in [0.2, 0.25) is 0 Å². The van der Waals surface area contributed by atoms with Crippen LogP contribution in [0.3, 0.4) is 0 Å². The SMILES string of the molecule is NC(=O)C1(c2cccs2)CCCN1. The monoisotopic (exact) mass is 196 g/mol.